The number of halogens is 2. The number of piperidine rings is 1. The van der Waals surface area contributed by atoms with Crippen molar-refractivity contribution in [3.63, 3.8) is 0 Å². The van der Waals surface area contributed by atoms with Gasteiger partial charge < -0.3 is 24.5 Å². The second kappa shape index (κ2) is 14.4. The second-order valence-corrected chi connectivity index (χ2v) is 15.5. The van der Waals surface area contributed by atoms with E-state index < -0.39 is 11.7 Å². The van der Waals surface area contributed by atoms with Crippen molar-refractivity contribution < 1.29 is 19.1 Å². The van der Waals surface area contributed by atoms with Gasteiger partial charge in [0.25, 0.3) is 5.91 Å². The van der Waals surface area contributed by atoms with E-state index >= 15 is 0 Å². The number of carbonyl (C=O) groups excluding carboxylic acids is 3. The number of imidazole rings is 1. The average Bonchev–Trinajstić information content (AvgIpc) is 3.77. The minimum atomic E-state index is -0.724. The van der Waals surface area contributed by atoms with Gasteiger partial charge in [-0.3, -0.25) is 15.0 Å². The SMILES string of the molecule is CC(C)(C)OC(=O)NNC(=O)C1CCN(c2ncccc2NC(=O)c2[nH]c3cc(Cl)cc4c3c2-c2c(-c3ccccc3)ncn2[C@@H]4c2ccc(Cl)cc2)CC1. The Morgan fingerprint density at radius 2 is 1.64 bits per heavy atom. The molecule has 55 heavy (non-hydrogen) atoms. The molecule has 12 nitrogen and oxygen atoms in total. The highest BCUT2D eigenvalue weighted by atomic mass is 35.5. The van der Waals surface area contributed by atoms with Crippen molar-refractivity contribution >= 4 is 63.5 Å². The summed E-state index contributed by atoms with van der Waals surface area (Å²) < 4.78 is 7.31. The van der Waals surface area contributed by atoms with E-state index in [0.29, 0.717) is 53.2 Å². The van der Waals surface area contributed by atoms with Crippen molar-refractivity contribution in [2.45, 2.75) is 45.3 Å². The number of nitrogens with one attached hydrogen (secondary N) is 4. The number of pyridine rings is 1. The molecular weight excluding hydrogens is 739 g/mol. The van der Waals surface area contributed by atoms with Crippen LogP contribution >= 0.6 is 23.2 Å². The first-order valence-electron chi connectivity index (χ1n) is 18.0. The van der Waals surface area contributed by atoms with Gasteiger partial charge in [-0.05, 0) is 81.1 Å². The molecule has 2 aliphatic heterocycles. The lowest BCUT2D eigenvalue weighted by Crippen LogP contribution is -2.48. The summed E-state index contributed by atoms with van der Waals surface area (Å²) >= 11 is 13.1. The number of carbonyl (C=O) groups is 3. The van der Waals surface area contributed by atoms with Crippen molar-refractivity contribution in [1.29, 1.82) is 0 Å². The molecule has 3 aromatic carbocycles. The smallest absolute Gasteiger partial charge is 0.426 e. The van der Waals surface area contributed by atoms with Crippen molar-refractivity contribution in [3.05, 3.63) is 118 Å². The maximum atomic E-state index is 14.6. The summed E-state index contributed by atoms with van der Waals surface area (Å²) in [4.78, 5) is 54.5. The Bertz CT molecular complexity index is 2430. The number of hydrazine groups is 1. The van der Waals surface area contributed by atoms with Crippen LogP contribution in [0.4, 0.5) is 16.3 Å². The first-order chi connectivity index (χ1) is 26.4. The number of hydrogen-bond acceptors (Lipinski definition) is 7. The van der Waals surface area contributed by atoms with Gasteiger partial charge in [-0.25, -0.2) is 20.2 Å². The minimum absolute atomic E-state index is 0.291. The van der Waals surface area contributed by atoms with Gasteiger partial charge in [0, 0.05) is 57.3 Å². The van der Waals surface area contributed by atoms with E-state index in [1.807, 2.05) is 84.0 Å². The van der Waals surface area contributed by atoms with Gasteiger partial charge in [0.15, 0.2) is 5.82 Å². The average molecular weight is 778 g/mol. The van der Waals surface area contributed by atoms with Crippen LogP contribution in [0.3, 0.4) is 0 Å². The molecule has 0 saturated carbocycles. The van der Waals surface area contributed by atoms with Gasteiger partial charge in [0.1, 0.15) is 11.3 Å². The molecule has 280 valence electrons. The fourth-order valence-corrected chi connectivity index (χ4v) is 7.85. The number of aromatic nitrogens is 4. The lowest BCUT2D eigenvalue weighted by Gasteiger charge is -2.33. The van der Waals surface area contributed by atoms with Crippen LogP contribution in [0.15, 0.2) is 91.4 Å². The Balaban J connectivity index is 1.11. The molecular formula is C41H38Cl2N8O4. The molecule has 6 aromatic rings. The number of anilines is 2. The lowest BCUT2D eigenvalue weighted by molar-refractivity contribution is -0.126. The highest BCUT2D eigenvalue weighted by Gasteiger charge is 2.36. The number of hydrogen-bond donors (Lipinski definition) is 4. The molecule has 8 rings (SSSR count). The van der Waals surface area contributed by atoms with E-state index in [1.165, 1.54) is 0 Å². The topological polar surface area (TPSA) is 146 Å². The number of H-pyrrole nitrogens is 1. The summed E-state index contributed by atoms with van der Waals surface area (Å²) in [6.07, 6.45) is 3.80. The Kier molecular flexibility index (Phi) is 9.48. The number of aromatic amines is 1. The molecule has 0 spiro atoms. The molecule has 1 fully saturated rings. The van der Waals surface area contributed by atoms with Crippen molar-refractivity contribution in [1.82, 2.24) is 30.4 Å². The molecule has 14 heteroatoms. The predicted molar refractivity (Wildman–Crippen MR) is 213 cm³/mol. The maximum absolute atomic E-state index is 14.6. The Labute approximate surface area is 327 Å². The Hall–Kier alpha value is -5.85. The molecule has 0 radical (unpaired) electrons. The zero-order valence-corrected chi connectivity index (χ0v) is 31.8. The molecule has 0 aliphatic carbocycles. The van der Waals surface area contributed by atoms with Gasteiger partial charge in [-0.15, -0.1) is 0 Å². The molecule has 1 saturated heterocycles. The molecule has 4 N–H and O–H groups in total. The van der Waals surface area contributed by atoms with Gasteiger partial charge >= 0.3 is 6.09 Å². The highest BCUT2D eigenvalue weighted by molar-refractivity contribution is 6.32. The first kappa shape index (κ1) is 36.1. The summed E-state index contributed by atoms with van der Waals surface area (Å²) in [5, 5.41) is 5.18. The van der Waals surface area contributed by atoms with Crippen LogP contribution in [-0.2, 0) is 9.53 Å². The van der Waals surface area contributed by atoms with E-state index in [0.717, 1.165) is 44.5 Å². The fourth-order valence-electron chi connectivity index (χ4n) is 7.50. The summed E-state index contributed by atoms with van der Waals surface area (Å²) in [7, 11) is 0. The third-order valence-electron chi connectivity index (χ3n) is 9.84. The number of benzene rings is 3. The third-order valence-corrected chi connectivity index (χ3v) is 10.3. The van der Waals surface area contributed by atoms with Crippen molar-refractivity contribution in [2.24, 2.45) is 5.92 Å². The van der Waals surface area contributed by atoms with Crippen LogP contribution in [0.2, 0.25) is 10.0 Å². The fraction of sp³-hybridized carbons (Fsp3) is 0.244. The molecule has 3 amide bonds. The lowest BCUT2D eigenvalue weighted by atomic mass is 9.88. The van der Waals surface area contributed by atoms with Crippen molar-refractivity contribution in [2.75, 3.05) is 23.3 Å². The van der Waals surface area contributed by atoms with Crippen molar-refractivity contribution in [3.8, 4) is 22.5 Å². The van der Waals surface area contributed by atoms with Gasteiger partial charge in [-0.2, -0.15) is 0 Å². The Morgan fingerprint density at radius 3 is 2.36 bits per heavy atom. The molecule has 3 aromatic heterocycles. The molecule has 1 atom stereocenters. The second-order valence-electron chi connectivity index (χ2n) is 14.7. The zero-order chi connectivity index (χ0) is 38.4. The number of ether oxygens (including phenoxy) is 1. The van der Waals surface area contributed by atoms with Gasteiger partial charge in [0.05, 0.1) is 29.4 Å². The number of amides is 3. The number of rotatable bonds is 6. The molecule has 5 heterocycles. The van der Waals surface area contributed by atoms with Crippen LogP contribution in [0.5, 0.6) is 0 Å². The summed E-state index contributed by atoms with van der Waals surface area (Å²) in [5.41, 5.74) is 10.8. The largest absolute Gasteiger partial charge is 0.443 e. The summed E-state index contributed by atoms with van der Waals surface area (Å²) in [5.74, 6) is -0.386. The van der Waals surface area contributed by atoms with Gasteiger partial charge in [0.2, 0.25) is 5.91 Å². The summed E-state index contributed by atoms with van der Waals surface area (Å²) in [6, 6.07) is 24.7. The van der Waals surface area contributed by atoms with Crippen LogP contribution in [0.25, 0.3) is 33.4 Å². The standard InChI is InChI=1S/C41H38Cl2N8O4/c1-41(2,3)55-40(54)49-48-38(52)25-15-18-50(19-16-25)37-29(10-7-17-44-37)47-39(53)34-32-31-28(20-27(43)21-30(31)46-34)35(24-11-13-26(42)14-12-24)51-22-45-33(36(32)51)23-8-5-4-6-9-23/h4-14,17,20-22,25,35,46H,15-16,18-19H2,1-3H3,(H,47,53)(H,48,52)(H,49,54)/t35-/m1/s1. The monoisotopic (exact) mass is 776 g/mol. The highest BCUT2D eigenvalue weighted by Crippen LogP contribution is 2.50. The van der Waals surface area contributed by atoms with Crippen LogP contribution in [0.1, 0.15) is 61.3 Å². The normalized spacial score (nSPS) is 15.4. The van der Waals surface area contributed by atoms with E-state index in [9.17, 15) is 14.4 Å². The first-order valence-corrected chi connectivity index (χ1v) is 18.7. The van der Waals surface area contributed by atoms with Crippen LogP contribution < -0.4 is 21.1 Å². The number of fused-ring (bicyclic) bond motifs is 2. The summed E-state index contributed by atoms with van der Waals surface area (Å²) in [6.45, 7) is 6.26. The molecule has 0 bridgehead atoms. The quantitative estimate of drug-likeness (QED) is 0.124. The zero-order valence-electron chi connectivity index (χ0n) is 30.3. The van der Waals surface area contributed by atoms with E-state index in [4.69, 9.17) is 32.9 Å². The Morgan fingerprint density at radius 1 is 0.891 bits per heavy atom. The van der Waals surface area contributed by atoms with E-state index in [2.05, 4.69) is 30.7 Å². The van der Waals surface area contributed by atoms with E-state index in [1.54, 1.807) is 33.0 Å². The van der Waals surface area contributed by atoms with Gasteiger partial charge in [-0.1, -0.05) is 65.7 Å². The maximum Gasteiger partial charge on any atom is 0.426 e. The van der Waals surface area contributed by atoms with Crippen LogP contribution in [-0.4, -0.2) is 56.1 Å². The minimum Gasteiger partial charge on any atom is -0.443 e. The van der Waals surface area contributed by atoms with Crippen LogP contribution in [0, 0.1) is 5.92 Å². The predicted octanol–water partition coefficient (Wildman–Crippen LogP) is 8.38. The number of nitrogens with zero attached hydrogens (tertiary/aromatic N) is 4. The van der Waals surface area contributed by atoms with E-state index in [-0.39, 0.29) is 23.8 Å². The molecule has 2 aliphatic rings. The third kappa shape index (κ3) is 7.10. The molecule has 0 unspecified atom stereocenters.